The van der Waals surface area contributed by atoms with Gasteiger partial charge in [-0.15, -0.1) is 0 Å². The maximum absolute atomic E-state index is 10.9. The van der Waals surface area contributed by atoms with Gasteiger partial charge >= 0.3 is 7.60 Å². The molecule has 4 nitrogen and oxygen atoms in total. The first-order valence-corrected chi connectivity index (χ1v) is 6.76. The van der Waals surface area contributed by atoms with Crippen LogP contribution < -0.4 is 0 Å². The Kier molecular flexibility index (Phi) is 5.23. The zero-order chi connectivity index (χ0) is 12.1. The number of rotatable bonds is 5. The Morgan fingerprint density at radius 2 is 1.93 bits per heavy atom. The van der Waals surface area contributed by atoms with E-state index in [0.29, 0.717) is 18.4 Å². The van der Waals surface area contributed by atoms with Crippen LogP contribution in [0.25, 0.3) is 0 Å². The third-order valence-electron chi connectivity index (χ3n) is 2.76. The molecule has 0 aromatic carbocycles. The summed E-state index contributed by atoms with van der Waals surface area (Å²) >= 11 is 0. The molecule has 0 spiro atoms. The van der Waals surface area contributed by atoms with Crippen LogP contribution in [0.1, 0.15) is 33.6 Å². The highest BCUT2D eigenvalue weighted by molar-refractivity contribution is 7.52. The summed E-state index contributed by atoms with van der Waals surface area (Å²) in [5, 5.41) is 9.13. The van der Waals surface area contributed by atoms with Gasteiger partial charge in [0.1, 0.15) is 0 Å². The van der Waals surface area contributed by atoms with Crippen LogP contribution in [0.4, 0.5) is 0 Å². The Bertz CT molecular complexity index is 320. The molecule has 0 aliphatic heterocycles. The molecule has 2 N–H and O–H groups in total. The molecule has 0 atom stereocenters. The van der Waals surface area contributed by atoms with Crippen LogP contribution in [0, 0.1) is 16.7 Å². The van der Waals surface area contributed by atoms with Gasteiger partial charge in [-0.25, -0.2) is 0 Å². The summed E-state index contributed by atoms with van der Waals surface area (Å²) < 4.78 is 10.9. The van der Waals surface area contributed by atoms with Crippen LogP contribution >= 0.6 is 7.60 Å². The van der Waals surface area contributed by atoms with Gasteiger partial charge < -0.3 is 9.79 Å². The van der Waals surface area contributed by atoms with E-state index in [9.17, 15) is 4.57 Å². The fourth-order valence-electron chi connectivity index (χ4n) is 1.67. The highest BCUT2D eigenvalue weighted by Crippen LogP contribution is 2.44. The van der Waals surface area contributed by atoms with Crippen LogP contribution in [0.5, 0.6) is 0 Å². The van der Waals surface area contributed by atoms with Crippen molar-refractivity contribution < 1.29 is 14.4 Å². The molecule has 0 fully saturated rings. The van der Waals surface area contributed by atoms with Crippen LogP contribution in [0.2, 0.25) is 0 Å². The van der Waals surface area contributed by atoms with Gasteiger partial charge in [0.25, 0.3) is 0 Å². The number of hydrogen-bond acceptors (Lipinski definition) is 2. The van der Waals surface area contributed by atoms with Crippen molar-refractivity contribution >= 4 is 7.60 Å². The fraction of sp³-hybridized carbons (Fsp3) is 0.700. The maximum atomic E-state index is 10.9. The summed E-state index contributed by atoms with van der Waals surface area (Å²) in [5.74, 6) is 0. The standard InChI is InChI=1S/C10H18NO3P/c1-4-9(7-15(12,13)14)10(5-2,6-3)8-11/h4H,5-7H2,1-3H3,(H2,12,13,14). The Hall–Kier alpha value is -0.620. The molecule has 0 aromatic rings. The predicted molar refractivity (Wildman–Crippen MR) is 59.3 cm³/mol. The quantitative estimate of drug-likeness (QED) is 0.562. The van der Waals surface area contributed by atoms with E-state index < -0.39 is 13.0 Å². The van der Waals surface area contributed by atoms with Crippen molar-refractivity contribution in [3.05, 3.63) is 11.6 Å². The first kappa shape index (κ1) is 14.4. The Balaban J connectivity index is 5.14. The average Bonchev–Trinajstić information content (AvgIpc) is 2.17. The lowest BCUT2D eigenvalue weighted by Crippen LogP contribution is -2.21. The minimum Gasteiger partial charge on any atom is -0.324 e. The van der Waals surface area contributed by atoms with Crippen LogP contribution in [0.3, 0.4) is 0 Å². The van der Waals surface area contributed by atoms with Crippen molar-refractivity contribution in [3.8, 4) is 6.07 Å². The molecule has 5 heteroatoms. The predicted octanol–water partition coefficient (Wildman–Crippen LogP) is 2.44. The SMILES string of the molecule is CC=C(CP(=O)(O)O)C(C#N)(CC)CC. The summed E-state index contributed by atoms with van der Waals surface area (Å²) in [6.45, 7) is 5.42. The molecule has 0 saturated carbocycles. The maximum Gasteiger partial charge on any atom is 0.329 e. The minimum absolute atomic E-state index is 0.321. The van der Waals surface area contributed by atoms with Gasteiger partial charge in [-0.3, -0.25) is 4.57 Å². The first-order chi connectivity index (χ1) is 6.85. The highest BCUT2D eigenvalue weighted by Gasteiger charge is 2.33. The van der Waals surface area contributed by atoms with Crippen molar-refractivity contribution in [2.75, 3.05) is 6.16 Å². The molecule has 0 heterocycles. The normalized spacial score (nSPS) is 13.7. The monoisotopic (exact) mass is 231 g/mol. The molecule has 0 rings (SSSR count). The van der Waals surface area contributed by atoms with Crippen molar-refractivity contribution in [1.29, 1.82) is 5.26 Å². The second kappa shape index (κ2) is 5.46. The van der Waals surface area contributed by atoms with Crippen LogP contribution in [0.15, 0.2) is 11.6 Å². The molecule has 0 aliphatic rings. The van der Waals surface area contributed by atoms with Gasteiger partial charge in [0, 0.05) is 0 Å². The lowest BCUT2D eigenvalue weighted by molar-refractivity contribution is 0.367. The van der Waals surface area contributed by atoms with Gasteiger partial charge in [0.05, 0.1) is 17.6 Å². The van der Waals surface area contributed by atoms with Gasteiger partial charge in [-0.1, -0.05) is 19.9 Å². The Labute approximate surface area is 90.8 Å². The topological polar surface area (TPSA) is 81.3 Å². The number of hydrogen-bond donors (Lipinski definition) is 2. The molecular formula is C10H18NO3P. The second-order valence-electron chi connectivity index (χ2n) is 3.54. The van der Waals surface area contributed by atoms with Crippen molar-refractivity contribution in [2.24, 2.45) is 5.41 Å². The summed E-state index contributed by atoms with van der Waals surface area (Å²) in [6, 6.07) is 2.18. The molecule has 86 valence electrons. The largest absolute Gasteiger partial charge is 0.329 e. The van der Waals surface area contributed by atoms with E-state index >= 15 is 0 Å². The first-order valence-electron chi connectivity index (χ1n) is 4.96. The summed E-state index contributed by atoms with van der Waals surface area (Å²) in [5.41, 5.74) is -0.182. The van der Waals surface area contributed by atoms with Crippen molar-refractivity contribution in [3.63, 3.8) is 0 Å². The van der Waals surface area contributed by atoms with E-state index in [1.165, 1.54) is 0 Å². The smallest absolute Gasteiger partial charge is 0.324 e. The van der Waals surface area contributed by atoms with Gasteiger partial charge in [0.15, 0.2) is 0 Å². The third-order valence-corrected chi connectivity index (χ3v) is 3.51. The minimum atomic E-state index is -4.09. The zero-order valence-electron chi connectivity index (χ0n) is 9.40. The highest BCUT2D eigenvalue weighted by atomic mass is 31.2. The van der Waals surface area contributed by atoms with Crippen LogP contribution in [-0.4, -0.2) is 15.9 Å². The molecule has 0 radical (unpaired) electrons. The number of nitrogens with zero attached hydrogens (tertiary/aromatic N) is 1. The number of allylic oxidation sites excluding steroid dienone is 2. The van der Waals surface area contributed by atoms with E-state index in [4.69, 9.17) is 15.0 Å². The van der Waals surface area contributed by atoms with E-state index in [1.54, 1.807) is 13.0 Å². The molecule has 0 bridgehead atoms. The average molecular weight is 231 g/mol. The fourth-order valence-corrected chi connectivity index (χ4v) is 2.60. The van der Waals surface area contributed by atoms with E-state index in [2.05, 4.69) is 6.07 Å². The third kappa shape index (κ3) is 3.79. The van der Waals surface area contributed by atoms with Gasteiger partial charge in [-0.2, -0.15) is 5.26 Å². The van der Waals surface area contributed by atoms with Gasteiger partial charge in [0.2, 0.25) is 0 Å². The second-order valence-corrected chi connectivity index (χ2v) is 5.18. The van der Waals surface area contributed by atoms with E-state index in [1.807, 2.05) is 13.8 Å². The van der Waals surface area contributed by atoms with Crippen molar-refractivity contribution in [2.45, 2.75) is 33.6 Å². The summed E-state index contributed by atoms with van der Waals surface area (Å²) in [7, 11) is -4.09. The molecule has 0 unspecified atom stereocenters. The molecule has 0 saturated heterocycles. The van der Waals surface area contributed by atoms with E-state index in [-0.39, 0.29) is 6.16 Å². The number of nitriles is 1. The summed E-state index contributed by atoms with van der Waals surface area (Å²) in [4.78, 5) is 17.9. The lowest BCUT2D eigenvalue weighted by atomic mass is 9.77. The molecule has 15 heavy (non-hydrogen) atoms. The van der Waals surface area contributed by atoms with Gasteiger partial charge in [-0.05, 0) is 25.3 Å². The van der Waals surface area contributed by atoms with E-state index in [0.717, 1.165) is 0 Å². The molecule has 0 amide bonds. The lowest BCUT2D eigenvalue weighted by Gasteiger charge is -2.27. The Morgan fingerprint density at radius 3 is 2.13 bits per heavy atom. The molecule has 0 aliphatic carbocycles. The molecular weight excluding hydrogens is 213 g/mol. The molecule has 0 aromatic heterocycles. The van der Waals surface area contributed by atoms with Crippen molar-refractivity contribution in [1.82, 2.24) is 0 Å². The zero-order valence-corrected chi connectivity index (χ0v) is 10.3. The van der Waals surface area contributed by atoms with Crippen LogP contribution in [-0.2, 0) is 4.57 Å². The Morgan fingerprint density at radius 1 is 1.47 bits per heavy atom. The summed E-state index contributed by atoms with van der Waals surface area (Å²) in [6.07, 6.45) is 2.47.